The number of carboxylic acid groups (broad SMARTS) is 1. The van der Waals surface area contributed by atoms with E-state index < -0.39 is 10.9 Å². The number of nitro groups is 1. The Balaban J connectivity index is 2.19. The highest BCUT2D eigenvalue weighted by Crippen LogP contribution is 2.24. The summed E-state index contributed by atoms with van der Waals surface area (Å²) in [6, 6.07) is 6.60. The normalized spacial score (nSPS) is 10.0. The number of phenols is 1. The van der Waals surface area contributed by atoms with Crippen molar-refractivity contribution in [3.63, 3.8) is 0 Å². The summed E-state index contributed by atoms with van der Waals surface area (Å²) in [4.78, 5) is 24.5. The highest BCUT2D eigenvalue weighted by molar-refractivity contribution is 5.91. The van der Waals surface area contributed by atoms with Crippen LogP contribution in [0.25, 0.3) is 0 Å². The zero-order valence-corrected chi connectivity index (χ0v) is 9.98. The molecule has 1 heterocycles. The first-order chi connectivity index (χ1) is 9.47. The third-order valence-electron chi connectivity index (χ3n) is 2.46. The molecule has 8 nitrogen and oxygen atoms in total. The molecule has 0 fully saturated rings. The average Bonchev–Trinajstić information content (AvgIpc) is 2.39. The summed E-state index contributed by atoms with van der Waals surface area (Å²) in [6.45, 7) is 0. The number of pyridine rings is 1. The Bertz CT molecular complexity index is 669. The van der Waals surface area contributed by atoms with Crippen LogP contribution in [0.5, 0.6) is 5.75 Å². The predicted octanol–water partition coefficient (Wildman–Crippen LogP) is 2.14. The minimum absolute atomic E-state index is 0.139. The summed E-state index contributed by atoms with van der Waals surface area (Å²) < 4.78 is 0. The summed E-state index contributed by atoms with van der Waals surface area (Å²) in [7, 11) is 0. The number of anilines is 2. The first kappa shape index (κ1) is 13.3. The Labute approximate surface area is 112 Å². The van der Waals surface area contributed by atoms with E-state index in [-0.39, 0.29) is 17.0 Å². The summed E-state index contributed by atoms with van der Waals surface area (Å²) in [5.41, 5.74) is 0.0562. The Kier molecular flexibility index (Phi) is 3.47. The van der Waals surface area contributed by atoms with Crippen molar-refractivity contribution in [2.45, 2.75) is 0 Å². The molecule has 0 saturated carbocycles. The van der Waals surface area contributed by atoms with Crippen LogP contribution >= 0.6 is 0 Å². The maximum Gasteiger partial charge on any atom is 0.339 e. The standard InChI is InChI=1S/C12H9N3O5/c16-10-5-7(1-3-9(10)12(17)18)14-11-4-2-8(6-13-11)15(19)20/h1-6,16H,(H,13,14)(H,17,18). The largest absolute Gasteiger partial charge is 0.507 e. The van der Waals surface area contributed by atoms with Gasteiger partial charge in [0.25, 0.3) is 5.69 Å². The molecule has 2 aromatic rings. The molecule has 0 aliphatic carbocycles. The molecule has 1 aromatic heterocycles. The van der Waals surface area contributed by atoms with E-state index in [1.54, 1.807) is 0 Å². The first-order valence-electron chi connectivity index (χ1n) is 5.41. The molecular weight excluding hydrogens is 266 g/mol. The third-order valence-corrected chi connectivity index (χ3v) is 2.46. The van der Waals surface area contributed by atoms with Gasteiger partial charge in [-0.05, 0) is 18.2 Å². The quantitative estimate of drug-likeness (QED) is 0.576. The van der Waals surface area contributed by atoms with Crippen LogP contribution in [-0.4, -0.2) is 26.1 Å². The van der Waals surface area contributed by atoms with E-state index in [2.05, 4.69) is 10.3 Å². The molecule has 0 radical (unpaired) electrons. The fraction of sp³-hybridized carbons (Fsp3) is 0. The number of aromatic carboxylic acids is 1. The van der Waals surface area contributed by atoms with E-state index >= 15 is 0 Å². The van der Waals surface area contributed by atoms with Crippen molar-refractivity contribution in [2.75, 3.05) is 5.32 Å². The van der Waals surface area contributed by atoms with Crippen LogP contribution in [0.2, 0.25) is 0 Å². The van der Waals surface area contributed by atoms with Crippen molar-refractivity contribution in [3.05, 3.63) is 52.2 Å². The van der Waals surface area contributed by atoms with Crippen molar-refractivity contribution < 1.29 is 19.9 Å². The minimum Gasteiger partial charge on any atom is -0.507 e. The van der Waals surface area contributed by atoms with Gasteiger partial charge in [0.1, 0.15) is 23.3 Å². The van der Waals surface area contributed by atoms with Crippen molar-refractivity contribution in [1.29, 1.82) is 0 Å². The summed E-state index contributed by atoms with van der Waals surface area (Å²) in [5.74, 6) is -1.29. The van der Waals surface area contributed by atoms with Gasteiger partial charge in [0.05, 0.1) is 4.92 Å². The van der Waals surface area contributed by atoms with E-state index in [4.69, 9.17) is 5.11 Å². The van der Waals surface area contributed by atoms with Crippen LogP contribution in [0.1, 0.15) is 10.4 Å². The van der Waals surface area contributed by atoms with Crippen LogP contribution in [0.3, 0.4) is 0 Å². The summed E-state index contributed by atoms with van der Waals surface area (Å²) in [6.07, 6.45) is 1.09. The number of benzene rings is 1. The van der Waals surface area contributed by atoms with Gasteiger partial charge in [0, 0.05) is 17.8 Å². The lowest BCUT2D eigenvalue weighted by molar-refractivity contribution is -0.385. The molecule has 0 unspecified atom stereocenters. The molecule has 0 aliphatic heterocycles. The second-order valence-corrected chi connectivity index (χ2v) is 3.82. The van der Waals surface area contributed by atoms with Crippen LogP contribution in [0.4, 0.5) is 17.2 Å². The lowest BCUT2D eigenvalue weighted by atomic mass is 10.2. The highest BCUT2D eigenvalue weighted by Gasteiger charge is 2.10. The number of nitrogens with zero attached hydrogens (tertiary/aromatic N) is 2. The number of hydrogen-bond acceptors (Lipinski definition) is 6. The zero-order valence-electron chi connectivity index (χ0n) is 9.98. The molecule has 20 heavy (non-hydrogen) atoms. The van der Waals surface area contributed by atoms with E-state index in [1.165, 1.54) is 30.3 Å². The summed E-state index contributed by atoms with van der Waals surface area (Å²) >= 11 is 0. The van der Waals surface area contributed by atoms with Gasteiger partial charge in [-0.15, -0.1) is 0 Å². The van der Waals surface area contributed by atoms with Gasteiger partial charge in [-0.3, -0.25) is 10.1 Å². The lowest BCUT2D eigenvalue weighted by Gasteiger charge is -2.07. The first-order valence-corrected chi connectivity index (χ1v) is 5.41. The van der Waals surface area contributed by atoms with E-state index in [0.29, 0.717) is 11.5 Å². The maximum atomic E-state index is 10.7. The van der Waals surface area contributed by atoms with Crippen LogP contribution in [-0.2, 0) is 0 Å². The molecular formula is C12H9N3O5. The number of nitrogens with one attached hydrogen (secondary N) is 1. The summed E-state index contributed by atoms with van der Waals surface area (Å²) in [5, 5.41) is 31.6. The molecule has 1 aromatic carbocycles. The monoisotopic (exact) mass is 275 g/mol. The molecule has 0 amide bonds. The second kappa shape index (κ2) is 5.22. The van der Waals surface area contributed by atoms with Crippen molar-refractivity contribution in [1.82, 2.24) is 4.98 Å². The fourth-order valence-electron chi connectivity index (χ4n) is 1.51. The molecule has 8 heteroatoms. The molecule has 0 spiro atoms. The Morgan fingerprint density at radius 1 is 1.30 bits per heavy atom. The molecule has 0 aliphatic rings. The van der Waals surface area contributed by atoms with Gasteiger partial charge in [-0.1, -0.05) is 0 Å². The predicted molar refractivity (Wildman–Crippen MR) is 69.2 cm³/mol. The highest BCUT2D eigenvalue weighted by atomic mass is 16.6. The van der Waals surface area contributed by atoms with Crippen LogP contribution in [0.15, 0.2) is 36.5 Å². The van der Waals surface area contributed by atoms with E-state index in [9.17, 15) is 20.0 Å². The molecule has 0 saturated heterocycles. The van der Waals surface area contributed by atoms with Crippen LogP contribution in [0, 0.1) is 10.1 Å². The van der Waals surface area contributed by atoms with Gasteiger partial charge >= 0.3 is 5.97 Å². The minimum atomic E-state index is -1.23. The third kappa shape index (κ3) is 2.80. The number of aromatic nitrogens is 1. The smallest absolute Gasteiger partial charge is 0.339 e. The van der Waals surface area contributed by atoms with Crippen LogP contribution < -0.4 is 5.32 Å². The van der Waals surface area contributed by atoms with Crippen molar-refractivity contribution in [3.8, 4) is 5.75 Å². The molecule has 0 bridgehead atoms. The van der Waals surface area contributed by atoms with Gasteiger partial charge < -0.3 is 15.5 Å². The van der Waals surface area contributed by atoms with E-state index in [1.807, 2.05) is 0 Å². The molecule has 102 valence electrons. The fourth-order valence-corrected chi connectivity index (χ4v) is 1.51. The van der Waals surface area contributed by atoms with Crippen molar-refractivity contribution >= 4 is 23.2 Å². The van der Waals surface area contributed by atoms with Gasteiger partial charge in [0.2, 0.25) is 0 Å². The van der Waals surface area contributed by atoms with Gasteiger partial charge in [0.15, 0.2) is 0 Å². The molecule has 3 N–H and O–H groups in total. The van der Waals surface area contributed by atoms with Gasteiger partial charge in [-0.2, -0.15) is 0 Å². The second-order valence-electron chi connectivity index (χ2n) is 3.82. The Morgan fingerprint density at radius 3 is 2.55 bits per heavy atom. The number of rotatable bonds is 4. The SMILES string of the molecule is O=C(O)c1ccc(Nc2ccc([N+](=O)[O-])cn2)cc1O. The van der Waals surface area contributed by atoms with Crippen molar-refractivity contribution in [2.24, 2.45) is 0 Å². The van der Waals surface area contributed by atoms with E-state index in [0.717, 1.165) is 6.20 Å². The molecule has 2 rings (SSSR count). The Hall–Kier alpha value is -3.16. The number of aromatic hydroxyl groups is 1. The topological polar surface area (TPSA) is 126 Å². The average molecular weight is 275 g/mol. The lowest BCUT2D eigenvalue weighted by Crippen LogP contribution is -1.99. The van der Waals surface area contributed by atoms with Gasteiger partial charge in [-0.25, -0.2) is 9.78 Å². The number of carboxylic acids is 1. The molecule has 0 atom stereocenters. The zero-order chi connectivity index (χ0) is 14.7. The Morgan fingerprint density at radius 2 is 2.05 bits per heavy atom. The number of hydrogen-bond donors (Lipinski definition) is 3. The maximum absolute atomic E-state index is 10.7. The number of carbonyl (C=O) groups is 1.